The molecule has 7 heteroatoms. The highest BCUT2D eigenvalue weighted by Gasteiger charge is 2.18. The minimum Gasteiger partial charge on any atom is -0.418 e. The van der Waals surface area contributed by atoms with Crippen LogP contribution in [0.2, 0.25) is 0 Å². The largest absolute Gasteiger partial charge is 0.418 e. The van der Waals surface area contributed by atoms with Crippen LogP contribution in [0.5, 0.6) is 0 Å². The number of aryl methyl sites for hydroxylation is 2. The van der Waals surface area contributed by atoms with Gasteiger partial charge in [0.25, 0.3) is 5.89 Å². The van der Waals surface area contributed by atoms with E-state index in [4.69, 9.17) is 9.15 Å². The van der Waals surface area contributed by atoms with Gasteiger partial charge in [-0.25, -0.2) is 0 Å². The summed E-state index contributed by atoms with van der Waals surface area (Å²) in [5.41, 5.74) is 3.39. The van der Waals surface area contributed by atoms with Crippen molar-refractivity contribution in [2.24, 2.45) is 0 Å². The zero-order valence-electron chi connectivity index (χ0n) is 15.8. The monoisotopic (exact) mass is 385 g/mol. The Morgan fingerprint density at radius 1 is 1.22 bits per heavy atom. The highest BCUT2D eigenvalue weighted by atomic mass is 32.1. The van der Waals surface area contributed by atoms with Gasteiger partial charge in [0, 0.05) is 13.7 Å². The molecular formula is C20H23N3O3S. The molecule has 6 nitrogen and oxygen atoms in total. The van der Waals surface area contributed by atoms with Gasteiger partial charge < -0.3 is 14.1 Å². The molecule has 0 saturated carbocycles. The number of thiophene rings is 1. The lowest BCUT2D eigenvalue weighted by molar-refractivity contribution is -0.132. The third-order valence-electron chi connectivity index (χ3n) is 4.37. The minimum atomic E-state index is 0.00572. The zero-order valence-corrected chi connectivity index (χ0v) is 16.6. The van der Waals surface area contributed by atoms with Crippen molar-refractivity contribution in [1.29, 1.82) is 0 Å². The lowest BCUT2D eigenvalue weighted by Gasteiger charge is -2.21. The first-order valence-electron chi connectivity index (χ1n) is 8.76. The van der Waals surface area contributed by atoms with Crippen molar-refractivity contribution < 1.29 is 13.9 Å². The van der Waals surface area contributed by atoms with Crippen molar-refractivity contribution in [1.82, 2.24) is 15.1 Å². The Hall–Kier alpha value is -2.51. The average Bonchev–Trinajstić information content (AvgIpc) is 3.33. The van der Waals surface area contributed by atoms with Crippen molar-refractivity contribution in [3.8, 4) is 10.8 Å². The van der Waals surface area contributed by atoms with Crippen LogP contribution in [-0.4, -0.2) is 41.3 Å². The summed E-state index contributed by atoms with van der Waals surface area (Å²) in [4.78, 5) is 15.5. The molecule has 0 unspecified atom stereocenters. The topological polar surface area (TPSA) is 68.5 Å². The second-order valence-corrected chi connectivity index (χ2v) is 7.33. The molecule has 0 aliphatic carbocycles. The number of ether oxygens (including phenoxy) is 1. The van der Waals surface area contributed by atoms with E-state index in [0.29, 0.717) is 31.4 Å². The molecule has 0 spiro atoms. The zero-order chi connectivity index (χ0) is 19.2. The molecule has 27 heavy (non-hydrogen) atoms. The molecule has 0 radical (unpaired) electrons. The van der Waals surface area contributed by atoms with Gasteiger partial charge in [-0.3, -0.25) is 4.79 Å². The molecule has 0 aliphatic rings. The van der Waals surface area contributed by atoms with Gasteiger partial charge in [-0.15, -0.1) is 21.5 Å². The van der Waals surface area contributed by atoms with E-state index in [1.165, 1.54) is 22.5 Å². The van der Waals surface area contributed by atoms with E-state index >= 15 is 0 Å². The minimum absolute atomic E-state index is 0.00572. The maximum atomic E-state index is 12.8. The summed E-state index contributed by atoms with van der Waals surface area (Å²) >= 11 is 1.54. The highest BCUT2D eigenvalue weighted by molar-refractivity contribution is 7.13. The fourth-order valence-electron chi connectivity index (χ4n) is 2.67. The van der Waals surface area contributed by atoms with Gasteiger partial charge in [0.15, 0.2) is 0 Å². The van der Waals surface area contributed by atoms with Crippen molar-refractivity contribution in [2.45, 2.75) is 26.8 Å². The summed E-state index contributed by atoms with van der Waals surface area (Å²) in [6.45, 7) is 5.30. The average molecular weight is 385 g/mol. The molecular weight excluding hydrogens is 362 g/mol. The molecule has 0 fully saturated rings. The summed E-state index contributed by atoms with van der Waals surface area (Å²) < 4.78 is 10.9. The van der Waals surface area contributed by atoms with Crippen LogP contribution in [0, 0.1) is 13.8 Å². The molecule has 2 aromatic heterocycles. The van der Waals surface area contributed by atoms with Gasteiger partial charge in [0.1, 0.15) is 0 Å². The normalized spacial score (nSPS) is 10.9. The predicted octanol–water partition coefficient (Wildman–Crippen LogP) is 3.63. The fraction of sp³-hybridized carbons (Fsp3) is 0.350. The maximum Gasteiger partial charge on any atom is 0.257 e. The number of benzene rings is 1. The van der Waals surface area contributed by atoms with Crippen LogP contribution >= 0.6 is 11.3 Å². The smallest absolute Gasteiger partial charge is 0.257 e. The van der Waals surface area contributed by atoms with Crippen LogP contribution in [0.15, 0.2) is 40.1 Å². The summed E-state index contributed by atoms with van der Waals surface area (Å²) in [6.07, 6.45) is 0.330. The molecule has 3 aromatic rings. The highest BCUT2D eigenvalue weighted by Crippen LogP contribution is 2.23. The molecule has 1 amide bonds. The van der Waals surface area contributed by atoms with Crippen LogP contribution < -0.4 is 0 Å². The molecule has 1 aromatic carbocycles. The summed E-state index contributed by atoms with van der Waals surface area (Å²) in [7, 11) is 1.62. The Morgan fingerprint density at radius 3 is 2.78 bits per heavy atom. The molecule has 0 aliphatic heterocycles. The van der Waals surface area contributed by atoms with Gasteiger partial charge in [0.2, 0.25) is 11.8 Å². The van der Waals surface area contributed by atoms with Crippen molar-refractivity contribution in [3.63, 3.8) is 0 Å². The van der Waals surface area contributed by atoms with E-state index in [1.807, 2.05) is 29.6 Å². The number of nitrogens with zero attached hydrogens (tertiary/aromatic N) is 3. The van der Waals surface area contributed by atoms with E-state index in [9.17, 15) is 4.79 Å². The summed E-state index contributed by atoms with van der Waals surface area (Å²) in [5, 5.41) is 10.1. The number of amides is 1. The van der Waals surface area contributed by atoms with Gasteiger partial charge in [0.05, 0.1) is 24.4 Å². The molecule has 0 bridgehead atoms. The Labute approximate surface area is 162 Å². The molecule has 0 saturated heterocycles. The Bertz CT molecular complexity index is 890. The second kappa shape index (κ2) is 8.92. The first kappa shape index (κ1) is 19.3. The number of hydrogen-bond donors (Lipinski definition) is 0. The number of rotatable bonds is 8. The number of carbonyl (C=O) groups is 1. The van der Waals surface area contributed by atoms with E-state index < -0.39 is 0 Å². The van der Waals surface area contributed by atoms with E-state index in [1.54, 1.807) is 12.0 Å². The first-order valence-corrected chi connectivity index (χ1v) is 9.64. The van der Waals surface area contributed by atoms with E-state index in [-0.39, 0.29) is 12.5 Å². The first-order chi connectivity index (χ1) is 13.1. The Balaban J connectivity index is 1.70. The summed E-state index contributed by atoms with van der Waals surface area (Å²) in [5.74, 6) is 0.905. The Morgan fingerprint density at radius 2 is 2.07 bits per heavy atom. The summed E-state index contributed by atoms with van der Waals surface area (Å²) in [6, 6.07) is 9.96. The fourth-order valence-corrected chi connectivity index (χ4v) is 3.32. The third-order valence-corrected chi connectivity index (χ3v) is 5.23. The number of methoxy groups -OCH3 is 1. The number of hydrogen-bond acceptors (Lipinski definition) is 6. The van der Waals surface area contributed by atoms with Gasteiger partial charge in [-0.2, -0.15) is 0 Å². The molecule has 3 rings (SSSR count). The quantitative estimate of drug-likeness (QED) is 0.592. The van der Waals surface area contributed by atoms with Crippen molar-refractivity contribution >= 4 is 17.2 Å². The van der Waals surface area contributed by atoms with Crippen molar-refractivity contribution in [3.05, 3.63) is 58.3 Å². The Kier molecular flexibility index (Phi) is 6.36. The standard InChI is InChI=1S/C20H23N3O3S/c1-14-6-7-16(11-15(14)2)12-19(24)23(8-9-25-3)13-18-21-22-20(26-18)17-5-4-10-27-17/h4-7,10-11H,8-9,12-13H2,1-3H3. The second-order valence-electron chi connectivity index (χ2n) is 6.38. The lowest BCUT2D eigenvalue weighted by Crippen LogP contribution is -2.34. The molecule has 142 valence electrons. The van der Waals surface area contributed by atoms with Gasteiger partial charge >= 0.3 is 0 Å². The van der Waals surface area contributed by atoms with Crippen LogP contribution in [0.4, 0.5) is 0 Å². The van der Waals surface area contributed by atoms with Gasteiger partial charge in [-0.1, -0.05) is 24.3 Å². The van der Waals surface area contributed by atoms with Crippen molar-refractivity contribution in [2.75, 3.05) is 20.3 Å². The molecule has 2 heterocycles. The number of carbonyl (C=O) groups excluding carboxylic acids is 1. The van der Waals surface area contributed by atoms with Gasteiger partial charge in [-0.05, 0) is 42.0 Å². The van der Waals surface area contributed by atoms with Crippen LogP contribution in [0.1, 0.15) is 22.6 Å². The van der Waals surface area contributed by atoms with E-state index in [0.717, 1.165) is 10.4 Å². The van der Waals surface area contributed by atoms with Crippen LogP contribution in [0.3, 0.4) is 0 Å². The van der Waals surface area contributed by atoms with Crippen LogP contribution in [0.25, 0.3) is 10.8 Å². The molecule has 0 atom stereocenters. The van der Waals surface area contributed by atoms with E-state index in [2.05, 4.69) is 30.1 Å². The predicted molar refractivity (Wildman–Crippen MR) is 105 cm³/mol. The SMILES string of the molecule is COCCN(Cc1nnc(-c2cccs2)o1)C(=O)Cc1ccc(C)c(C)c1. The maximum absolute atomic E-state index is 12.8. The van der Waals surface area contributed by atoms with Crippen LogP contribution in [-0.2, 0) is 22.5 Å². The lowest BCUT2D eigenvalue weighted by atomic mass is 10.0. The molecule has 0 N–H and O–H groups in total. The number of aromatic nitrogens is 2. The third kappa shape index (κ3) is 5.02.